The number of aromatic amines is 1. The average molecular weight is 416 g/mol. The number of aryl methyl sites for hydroxylation is 1. The molecule has 31 heavy (non-hydrogen) atoms. The zero-order chi connectivity index (χ0) is 21.5. The fourth-order valence-electron chi connectivity index (χ4n) is 4.73. The van der Waals surface area contributed by atoms with Gasteiger partial charge in [-0.15, -0.1) is 0 Å². The third-order valence-corrected chi connectivity index (χ3v) is 6.43. The van der Waals surface area contributed by atoms with Crippen molar-refractivity contribution in [1.29, 1.82) is 0 Å². The highest BCUT2D eigenvalue weighted by atomic mass is 16.2. The minimum Gasteiger partial charge on any atom is -0.361 e. The van der Waals surface area contributed by atoms with E-state index in [1.54, 1.807) is 0 Å². The summed E-state index contributed by atoms with van der Waals surface area (Å²) < 4.78 is 0. The second kappa shape index (κ2) is 10.5. The maximum absolute atomic E-state index is 13.3. The van der Waals surface area contributed by atoms with Crippen LogP contribution in [-0.2, 0) is 11.2 Å². The Labute approximate surface area is 185 Å². The molecule has 4 heteroatoms. The topological polar surface area (TPSA) is 62.1 Å². The van der Waals surface area contributed by atoms with Gasteiger partial charge in [-0.05, 0) is 42.9 Å². The average Bonchev–Trinajstić information content (AvgIpc) is 3.21. The lowest BCUT2D eigenvalue weighted by Crippen LogP contribution is -2.52. The van der Waals surface area contributed by atoms with Gasteiger partial charge in [0.2, 0.25) is 5.91 Å². The van der Waals surface area contributed by atoms with Crippen LogP contribution in [0.4, 0.5) is 0 Å². The van der Waals surface area contributed by atoms with E-state index in [-0.39, 0.29) is 18.0 Å². The van der Waals surface area contributed by atoms with Gasteiger partial charge in [0.1, 0.15) is 0 Å². The molecule has 1 aliphatic carbocycles. The number of H-pyrrole nitrogens is 1. The van der Waals surface area contributed by atoms with Crippen LogP contribution < -0.4 is 5.73 Å². The van der Waals surface area contributed by atoms with E-state index in [9.17, 15) is 4.79 Å². The number of nitrogens with zero attached hydrogens (tertiary/aromatic N) is 1. The fourth-order valence-corrected chi connectivity index (χ4v) is 4.73. The van der Waals surface area contributed by atoms with Gasteiger partial charge in [-0.1, -0.05) is 73.5 Å². The van der Waals surface area contributed by atoms with Gasteiger partial charge in [0.25, 0.3) is 0 Å². The fraction of sp³-hybridized carbons (Fsp3) is 0.370. The lowest BCUT2D eigenvalue weighted by molar-refractivity contribution is -0.134. The van der Waals surface area contributed by atoms with E-state index >= 15 is 0 Å². The number of hydrogen-bond donors (Lipinski definition) is 2. The number of carbonyl (C=O) groups is 1. The van der Waals surface area contributed by atoms with Gasteiger partial charge in [0.15, 0.2) is 0 Å². The molecule has 0 radical (unpaired) electrons. The highest BCUT2D eigenvalue weighted by Crippen LogP contribution is 2.24. The summed E-state index contributed by atoms with van der Waals surface area (Å²) in [5.41, 5.74) is 10.0. The molecule has 1 aliphatic rings. The summed E-state index contributed by atoms with van der Waals surface area (Å²) in [4.78, 5) is 18.6. The molecule has 3 aromatic rings. The number of amides is 1. The maximum atomic E-state index is 13.3. The molecule has 162 valence electrons. The van der Waals surface area contributed by atoms with Crippen molar-refractivity contribution >= 4 is 22.9 Å². The first kappa shape index (κ1) is 21.4. The molecule has 3 N–H and O–H groups in total. The van der Waals surface area contributed by atoms with E-state index in [0.717, 1.165) is 43.2 Å². The molecule has 0 unspecified atom stereocenters. The molecule has 2 atom stereocenters. The predicted octanol–water partition coefficient (Wildman–Crippen LogP) is 5.30. The van der Waals surface area contributed by atoms with Crippen molar-refractivity contribution in [3.05, 3.63) is 78.0 Å². The van der Waals surface area contributed by atoms with Crippen LogP contribution in [-0.4, -0.2) is 34.4 Å². The Balaban J connectivity index is 1.39. The molecule has 0 spiro atoms. The molecule has 1 amide bonds. The third kappa shape index (κ3) is 5.45. The first-order valence-electron chi connectivity index (χ1n) is 11.5. The summed E-state index contributed by atoms with van der Waals surface area (Å²) in [5.74, 6) is 0.222. The van der Waals surface area contributed by atoms with Gasteiger partial charge in [-0.3, -0.25) is 4.79 Å². The van der Waals surface area contributed by atoms with Gasteiger partial charge in [0, 0.05) is 42.1 Å². The number of rotatable bonds is 8. The minimum atomic E-state index is 0.0800. The van der Waals surface area contributed by atoms with Crippen LogP contribution in [0.15, 0.2) is 66.9 Å². The van der Waals surface area contributed by atoms with Crippen molar-refractivity contribution in [3.8, 4) is 0 Å². The van der Waals surface area contributed by atoms with Crippen LogP contribution in [0.3, 0.4) is 0 Å². The van der Waals surface area contributed by atoms with Crippen molar-refractivity contribution in [2.75, 3.05) is 6.54 Å². The summed E-state index contributed by atoms with van der Waals surface area (Å²) in [6.45, 7) is 0.624. The lowest BCUT2D eigenvalue weighted by atomic mass is 9.89. The van der Waals surface area contributed by atoms with Gasteiger partial charge in [0.05, 0.1) is 0 Å². The van der Waals surface area contributed by atoms with E-state index in [4.69, 9.17) is 5.73 Å². The quantitative estimate of drug-likeness (QED) is 0.524. The van der Waals surface area contributed by atoms with E-state index < -0.39 is 0 Å². The first-order chi connectivity index (χ1) is 15.2. The zero-order valence-corrected chi connectivity index (χ0v) is 18.2. The summed E-state index contributed by atoms with van der Waals surface area (Å²) in [6, 6.07) is 18.8. The van der Waals surface area contributed by atoms with Gasteiger partial charge < -0.3 is 15.6 Å². The summed E-state index contributed by atoms with van der Waals surface area (Å²) in [5, 5.41) is 1.26. The molecule has 4 nitrogen and oxygen atoms in total. The van der Waals surface area contributed by atoms with Crippen LogP contribution in [0, 0.1) is 0 Å². The highest BCUT2D eigenvalue weighted by molar-refractivity contribution is 5.83. The molecule has 4 rings (SSSR count). The van der Waals surface area contributed by atoms with E-state index in [1.807, 2.05) is 29.2 Å². The van der Waals surface area contributed by atoms with Crippen LogP contribution in [0.1, 0.15) is 49.7 Å². The highest BCUT2D eigenvalue weighted by Gasteiger charge is 2.29. The minimum absolute atomic E-state index is 0.0800. The van der Waals surface area contributed by atoms with Crippen molar-refractivity contribution < 1.29 is 4.79 Å². The molecule has 1 aromatic heterocycles. The SMILES string of the molecule is N[C@@H]1CCCC[C@H]1N(C/C=C/c1ccccc1)C(=O)CCCc1c[nH]c2ccccc12. The van der Waals surface area contributed by atoms with Gasteiger partial charge in [-0.25, -0.2) is 0 Å². The molecule has 1 fully saturated rings. The maximum Gasteiger partial charge on any atom is 0.223 e. The number of para-hydroxylation sites is 1. The lowest BCUT2D eigenvalue weighted by Gasteiger charge is -2.38. The number of nitrogens with two attached hydrogens (primary N) is 1. The van der Waals surface area contributed by atoms with Crippen molar-refractivity contribution in [1.82, 2.24) is 9.88 Å². The zero-order valence-electron chi connectivity index (χ0n) is 18.2. The van der Waals surface area contributed by atoms with Crippen LogP contribution in [0.25, 0.3) is 17.0 Å². The second-order valence-electron chi connectivity index (χ2n) is 8.59. The number of hydrogen-bond acceptors (Lipinski definition) is 2. The molecule has 0 aliphatic heterocycles. The van der Waals surface area contributed by atoms with Crippen LogP contribution >= 0.6 is 0 Å². The molecule has 1 heterocycles. The monoisotopic (exact) mass is 415 g/mol. The Morgan fingerprint density at radius 3 is 2.68 bits per heavy atom. The second-order valence-corrected chi connectivity index (χ2v) is 8.59. The number of carbonyl (C=O) groups excluding carboxylic acids is 1. The number of fused-ring (bicyclic) bond motifs is 1. The largest absolute Gasteiger partial charge is 0.361 e. The summed E-state index contributed by atoms with van der Waals surface area (Å²) >= 11 is 0. The Bertz CT molecular complexity index is 1010. The Hall–Kier alpha value is -2.85. The number of nitrogens with one attached hydrogen (secondary N) is 1. The van der Waals surface area contributed by atoms with Crippen LogP contribution in [0.5, 0.6) is 0 Å². The van der Waals surface area contributed by atoms with Crippen molar-refractivity contribution in [3.63, 3.8) is 0 Å². The molecule has 0 saturated heterocycles. The Kier molecular flexibility index (Phi) is 7.21. The Morgan fingerprint density at radius 1 is 1.06 bits per heavy atom. The molecule has 0 bridgehead atoms. The molecular weight excluding hydrogens is 382 g/mol. The predicted molar refractivity (Wildman–Crippen MR) is 129 cm³/mol. The van der Waals surface area contributed by atoms with Gasteiger partial charge in [-0.2, -0.15) is 0 Å². The molecular formula is C27H33N3O. The molecule has 1 saturated carbocycles. The smallest absolute Gasteiger partial charge is 0.223 e. The number of aromatic nitrogens is 1. The number of benzene rings is 2. The van der Waals surface area contributed by atoms with E-state index in [1.165, 1.54) is 17.4 Å². The summed E-state index contributed by atoms with van der Waals surface area (Å²) in [6.07, 6.45) is 12.9. The Morgan fingerprint density at radius 2 is 1.84 bits per heavy atom. The third-order valence-electron chi connectivity index (χ3n) is 6.43. The van der Waals surface area contributed by atoms with E-state index in [2.05, 4.69) is 53.7 Å². The first-order valence-corrected chi connectivity index (χ1v) is 11.5. The van der Waals surface area contributed by atoms with E-state index in [0.29, 0.717) is 13.0 Å². The van der Waals surface area contributed by atoms with Crippen molar-refractivity contribution in [2.45, 2.75) is 57.0 Å². The standard InChI is InChI=1S/C27H33N3O/c28-24-15-5-7-17-26(24)30(19-9-12-21-10-2-1-3-11-21)27(31)18-8-13-22-20-29-25-16-6-4-14-23(22)25/h1-4,6,9-12,14,16,20,24,26,29H,5,7-8,13,15,17-19,28H2/b12-9+/t24-,26-/m1/s1. The normalized spacial score (nSPS) is 19.1. The summed E-state index contributed by atoms with van der Waals surface area (Å²) in [7, 11) is 0. The molecule has 2 aromatic carbocycles. The van der Waals surface area contributed by atoms with Gasteiger partial charge >= 0.3 is 0 Å². The van der Waals surface area contributed by atoms with Crippen molar-refractivity contribution in [2.24, 2.45) is 5.73 Å². The van der Waals surface area contributed by atoms with Crippen LogP contribution in [0.2, 0.25) is 0 Å².